The van der Waals surface area contributed by atoms with Crippen LogP contribution in [0.3, 0.4) is 0 Å². The number of carbonyl (C=O) groups excluding carboxylic acids is 2. The third-order valence-corrected chi connectivity index (χ3v) is 2.47. The van der Waals surface area contributed by atoms with Gasteiger partial charge in [-0.3, -0.25) is 0 Å². The summed E-state index contributed by atoms with van der Waals surface area (Å²) in [7, 11) is 0. The normalized spacial score (nSPS) is 17.6. The van der Waals surface area contributed by atoms with Gasteiger partial charge in [-0.05, 0) is 29.0 Å². The van der Waals surface area contributed by atoms with Crippen molar-refractivity contribution >= 4 is 34.5 Å². The number of hydrogen-bond donors (Lipinski definition) is 0. The quantitative estimate of drug-likeness (QED) is 0.432. The van der Waals surface area contributed by atoms with Gasteiger partial charge >= 0.3 is 11.9 Å². The van der Waals surface area contributed by atoms with Crippen LogP contribution in [0.15, 0.2) is 9.15 Å². The molecule has 0 saturated carbocycles. The second-order valence-electron chi connectivity index (χ2n) is 2.22. The summed E-state index contributed by atoms with van der Waals surface area (Å²) in [6, 6.07) is 0. The lowest BCUT2D eigenvalue weighted by molar-refractivity contribution is -0.150. The highest BCUT2D eigenvalue weighted by molar-refractivity contribution is 14.1. The number of carbonyl (C=O) groups is 2. The lowest BCUT2D eigenvalue weighted by Gasteiger charge is -1.92. The molecule has 0 aromatic heterocycles. The number of rotatable bonds is 2. The van der Waals surface area contributed by atoms with Gasteiger partial charge in [0.15, 0.2) is 0 Å². The lowest BCUT2D eigenvalue weighted by atomic mass is 10.1. The molecule has 0 unspecified atom stereocenters. The van der Waals surface area contributed by atoms with E-state index >= 15 is 0 Å². The Labute approximate surface area is 77.9 Å². The standard InChI is InChI=1S/C7H7IO3/c1-2-3-4-5(8)7(10)11-6(4)9/h2-3H2,1H3. The van der Waals surface area contributed by atoms with Crippen LogP contribution in [0.1, 0.15) is 19.8 Å². The minimum absolute atomic E-state index is 0.439. The Morgan fingerprint density at radius 1 is 1.36 bits per heavy atom. The monoisotopic (exact) mass is 266 g/mol. The van der Waals surface area contributed by atoms with Crippen molar-refractivity contribution in [2.24, 2.45) is 0 Å². The molecule has 0 bridgehead atoms. The molecule has 0 aromatic carbocycles. The van der Waals surface area contributed by atoms with E-state index in [9.17, 15) is 9.59 Å². The maximum absolute atomic E-state index is 10.9. The first kappa shape index (κ1) is 8.70. The molecule has 1 heterocycles. The smallest absolute Gasteiger partial charge is 0.352 e. The number of cyclic esters (lactones) is 2. The van der Waals surface area contributed by atoms with Crippen molar-refractivity contribution in [3.8, 4) is 0 Å². The predicted molar refractivity (Wildman–Crippen MR) is 47.1 cm³/mol. The van der Waals surface area contributed by atoms with Crippen LogP contribution in [-0.2, 0) is 14.3 Å². The van der Waals surface area contributed by atoms with Gasteiger partial charge < -0.3 is 4.74 Å². The number of halogens is 1. The molecule has 3 nitrogen and oxygen atoms in total. The molecule has 0 spiro atoms. The molecule has 0 amide bonds. The average Bonchev–Trinajstić information content (AvgIpc) is 2.17. The van der Waals surface area contributed by atoms with Gasteiger partial charge in [0.25, 0.3) is 0 Å². The summed E-state index contributed by atoms with van der Waals surface area (Å²) in [6.45, 7) is 1.95. The van der Waals surface area contributed by atoms with Crippen molar-refractivity contribution in [3.63, 3.8) is 0 Å². The van der Waals surface area contributed by atoms with E-state index in [-0.39, 0.29) is 0 Å². The third kappa shape index (κ3) is 1.61. The average molecular weight is 266 g/mol. The molecule has 1 aliphatic heterocycles. The van der Waals surface area contributed by atoms with Crippen LogP contribution in [0.2, 0.25) is 0 Å². The fourth-order valence-electron chi connectivity index (χ4n) is 0.865. The minimum Gasteiger partial charge on any atom is -0.386 e. The van der Waals surface area contributed by atoms with Crippen LogP contribution in [-0.4, -0.2) is 11.9 Å². The van der Waals surface area contributed by atoms with Gasteiger partial charge in [-0.2, -0.15) is 0 Å². The molecule has 0 N–H and O–H groups in total. The number of ether oxygens (including phenoxy) is 1. The van der Waals surface area contributed by atoms with Gasteiger partial charge in [0.1, 0.15) is 3.58 Å². The second kappa shape index (κ2) is 3.34. The highest BCUT2D eigenvalue weighted by Gasteiger charge is 2.29. The van der Waals surface area contributed by atoms with Crippen molar-refractivity contribution in [2.45, 2.75) is 19.8 Å². The van der Waals surface area contributed by atoms with Gasteiger partial charge in [0.05, 0.1) is 5.57 Å². The Kier molecular flexibility index (Phi) is 2.64. The fourth-order valence-corrected chi connectivity index (χ4v) is 1.47. The van der Waals surface area contributed by atoms with Gasteiger partial charge in [0.2, 0.25) is 0 Å². The second-order valence-corrected chi connectivity index (χ2v) is 3.30. The van der Waals surface area contributed by atoms with Crippen LogP contribution in [0, 0.1) is 0 Å². The van der Waals surface area contributed by atoms with Crippen molar-refractivity contribution < 1.29 is 14.3 Å². The van der Waals surface area contributed by atoms with Crippen LogP contribution in [0.4, 0.5) is 0 Å². The van der Waals surface area contributed by atoms with E-state index in [1.165, 1.54) is 0 Å². The highest BCUT2D eigenvalue weighted by Crippen LogP contribution is 2.26. The molecule has 0 saturated heterocycles. The van der Waals surface area contributed by atoms with Crippen LogP contribution in [0.5, 0.6) is 0 Å². The van der Waals surface area contributed by atoms with Gasteiger partial charge in [-0.15, -0.1) is 0 Å². The van der Waals surface area contributed by atoms with E-state index in [1.54, 1.807) is 0 Å². The summed E-state index contributed by atoms with van der Waals surface area (Å²) in [6.07, 6.45) is 1.48. The lowest BCUT2D eigenvalue weighted by Crippen LogP contribution is -2.01. The zero-order chi connectivity index (χ0) is 8.43. The summed E-state index contributed by atoms with van der Waals surface area (Å²) in [5, 5.41) is 0. The van der Waals surface area contributed by atoms with Crippen molar-refractivity contribution in [1.82, 2.24) is 0 Å². The van der Waals surface area contributed by atoms with Crippen LogP contribution >= 0.6 is 22.6 Å². The minimum atomic E-state index is -0.501. The Hall–Kier alpha value is -0.390. The van der Waals surface area contributed by atoms with Gasteiger partial charge in [-0.25, -0.2) is 9.59 Å². The van der Waals surface area contributed by atoms with Crippen molar-refractivity contribution in [1.29, 1.82) is 0 Å². The predicted octanol–water partition coefficient (Wildman–Crippen LogP) is 1.56. The number of hydrogen-bond acceptors (Lipinski definition) is 3. The topological polar surface area (TPSA) is 43.4 Å². The molecule has 1 aliphatic rings. The molecule has 0 fully saturated rings. The van der Waals surface area contributed by atoms with E-state index in [4.69, 9.17) is 0 Å². The van der Waals surface area contributed by atoms with E-state index < -0.39 is 11.9 Å². The maximum Gasteiger partial charge on any atom is 0.352 e. The molecular weight excluding hydrogens is 259 g/mol. The Morgan fingerprint density at radius 3 is 2.36 bits per heavy atom. The Balaban J connectivity index is 2.87. The maximum atomic E-state index is 10.9. The zero-order valence-electron chi connectivity index (χ0n) is 6.02. The van der Waals surface area contributed by atoms with E-state index in [1.807, 2.05) is 29.5 Å². The number of esters is 2. The van der Waals surface area contributed by atoms with Crippen LogP contribution < -0.4 is 0 Å². The van der Waals surface area contributed by atoms with E-state index in [2.05, 4.69) is 4.74 Å². The molecule has 1 rings (SSSR count). The first-order chi connectivity index (χ1) is 5.16. The van der Waals surface area contributed by atoms with Crippen molar-refractivity contribution in [3.05, 3.63) is 9.15 Å². The summed E-state index contributed by atoms with van der Waals surface area (Å²) >= 11 is 1.84. The first-order valence-corrected chi connectivity index (χ1v) is 4.39. The molecule has 0 aliphatic carbocycles. The largest absolute Gasteiger partial charge is 0.386 e. The molecule has 60 valence electrons. The highest BCUT2D eigenvalue weighted by atomic mass is 127. The van der Waals surface area contributed by atoms with E-state index in [0.717, 1.165) is 6.42 Å². The Morgan fingerprint density at radius 2 is 2.00 bits per heavy atom. The Bertz CT molecular complexity index is 242. The summed E-state index contributed by atoms with van der Waals surface area (Å²) in [4.78, 5) is 21.6. The third-order valence-electron chi connectivity index (χ3n) is 1.38. The summed E-state index contributed by atoms with van der Waals surface area (Å²) < 4.78 is 4.82. The summed E-state index contributed by atoms with van der Waals surface area (Å²) in [5.41, 5.74) is 0.526. The summed E-state index contributed by atoms with van der Waals surface area (Å²) in [5.74, 6) is -0.972. The molecule has 4 heteroatoms. The molecule has 11 heavy (non-hydrogen) atoms. The molecular formula is C7H7IO3. The molecule has 0 aromatic rings. The fraction of sp³-hybridized carbons (Fsp3) is 0.429. The molecule has 0 radical (unpaired) electrons. The van der Waals surface area contributed by atoms with Gasteiger partial charge in [-0.1, -0.05) is 13.3 Å². The van der Waals surface area contributed by atoms with E-state index in [0.29, 0.717) is 15.6 Å². The zero-order valence-corrected chi connectivity index (χ0v) is 8.17. The molecule has 0 atom stereocenters. The SMILES string of the molecule is CCCC1=C(I)C(=O)OC1=O. The van der Waals surface area contributed by atoms with Gasteiger partial charge in [0, 0.05) is 0 Å². The van der Waals surface area contributed by atoms with Crippen LogP contribution in [0.25, 0.3) is 0 Å². The first-order valence-electron chi connectivity index (χ1n) is 3.32. The van der Waals surface area contributed by atoms with Crippen molar-refractivity contribution in [2.75, 3.05) is 0 Å².